The van der Waals surface area contributed by atoms with E-state index in [-0.39, 0.29) is 5.75 Å². The monoisotopic (exact) mass is 348 g/mol. The van der Waals surface area contributed by atoms with Crippen molar-refractivity contribution in [2.45, 2.75) is 0 Å². The van der Waals surface area contributed by atoms with Gasteiger partial charge in [-0.25, -0.2) is 0 Å². The van der Waals surface area contributed by atoms with Gasteiger partial charge in [-0.15, -0.1) is 0 Å². The number of carbonyl (C=O) groups excluding carboxylic acids is 2. The standard InChI is InChI=1S/C20H16N2O4/c23-16-10-6-14(7-11-16)21-19(24)20(25)22-15-8-12-18(13-9-15)26-17-4-2-1-3-5-17/h1-13,23H,(H,21,24)(H,22,25). The Morgan fingerprint density at radius 3 is 1.65 bits per heavy atom. The van der Waals surface area contributed by atoms with Crippen molar-refractivity contribution in [3.05, 3.63) is 78.9 Å². The Bertz CT molecular complexity index is 891. The second-order valence-electron chi connectivity index (χ2n) is 5.39. The minimum absolute atomic E-state index is 0.0743. The van der Waals surface area contributed by atoms with Crippen molar-refractivity contribution in [1.29, 1.82) is 0 Å². The molecule has 3 aromatic carbocycles. The fourth-order valence-corrected chi connectivity index (χ4v) is 2.15. The smallest absolute Gasteiger partial charge is 0.314 e. The number of hydrogen-bond donors (Lipinski definition) is 3. The molecule has 3 N–H and O–H groups in total. The van der Waals surface area contributed by atoms with E-state index in [1.54, 1.807) is 24.3 Å². The molecule has 0 fully saturated rings. The van der Waals surface area contributed by atoms with Gasteiger partial charge >= 0.3 is 11.8 Å². The van der Waals surface area contributed by atoms with E-state index in [2.05, 4.69) is 10.6 Å². The minimum atomic E-state index is -0.805. The SMILES string of the molecule is O=C(Nc1ccc(O)cc1)C(=O)Nc1ccc(Oc2ccccc2)cc1. The van der Waals surface area contributed by atoms with Crippen molar-refractivity contribution in [2.24, 2.45) is 0 Å². The summed E-state index contributed by atoms with van der Waals surface area (Å²) in [6.45, 7) is 0. The van der Waals surface area contributed by atoms with Gasteiger partial charge in [0, 0.05) is 11.4 Å². The minimum Gasteiger partial charge on any atom is -0.508 e. The third kappa shape index (κ3) is 4.61. The number of hydrogen-bond acceptors (Lipinski definition) is 4. The zero-order valence-electron chi connectivity index (χ0n) is 13.7. The summed E-state index contributed by atoms with van der Waals surface area (Å²) in [7, 11) is 0. The fraction of sp³-hybridized carbons (Fsp3) is 0. The highest BCUT2D eigenvalue weighted by molar-refractivity contribution is 6.43. The third-order valence-electron chi connectivity index (χ3n) is 3.42. The van der Waals surface area contributed by atoms with Crippen molar-refractivity contribution in [1.82, 2.24) is 0 Å². The highest BCUT2D eigenvalue weighted by atomic mass is 16.5. The Morgan fingerprint density at radius 2 is 1.12 bits per heavy atom. The highest BCUT2D eigenvalue weighted by Gasteiger charge is 2.14. The van der Waals surface area contributed by atoms with Crippen molar-refractivity contribution in [3.8, 4) is 17.2 Å². The van der Waals surface area contributed by atoms with Gasteiger partial charge in [0.25, 0.3) is 0 Å². The molecule has 2 amide bonds. The molecule has 0 saturated heterocycles. The van der Waals surface area contributed by atoms with Crippen LogP contribution in [0.15, 0.2) is 78.9 Å². The van der Waals surface area contributed by atoms with Gasteiger partial charge in [-0.2, -0.15) is 0 Å². The summed E-state index contributed by atoms with van der Waals surface area (Å²) in [5.41, 5.74) is 0.880. The number of ether oxygens (including phenoxy) is 1. The molecule has 0 aliphatic rings. The van der Waals surface area contributed by atoms with E-state index < -0.39 is 11.8 Å². The number of aromatic hydroxyl groups is 1. The Balaban J connectivity index is 1.57. The molecule has 0 aliphatic heterocycles. The Morgan fingerprint density at radius 1 is 0.654 bits per heavy atom. The van der Waals surface area contributed by atoms with Crippen LogP contribution in [0, 0.1) is 0 Å². The maximum Gasteiger partial charge on any atom is 0.314 e. The third-order valence-corrected chi connectivity index (χ3v) is 3.42. The van der Waals surface area contributed by atoms with E-state index in [9.17, 15) is 14.7 Å². The molecule has 6 nitrogen and oxygen atoms in total. The number of rotatable bonds is 4. The Labute approximate surface area is 150 Å². The first-order chi connectivity index (χ1) is 12.6. The largest absolute Gasteiger partial charge is 0.508 e. The normalized spacial score (nSPS) is 10.0. The van der Waals surface area contributed by atoms with Crippen LogP contribution < -0.4 is 15.4 Å². The number of phenols is 1. The van der Waals surface area contributed by atoms with Crippen LogP contribution in [0.4, 0.5) is 11.4 Å². The molecule has 0 bridgehead atoms. The van der Waals surface area contributed by atoms with Crippen LogP contribution in [-0.4, -0.2) is 16.9 Å². The van der Waals surface area contributed by atoms with Gasteiger partial charge < -0.3 is 20.5 Å². The summed E-state index contributed by atoms with van der Waals surface area (Å²) >= 11 is 0. The zero-order valence-corrected chi connectivity index (χ0v) is 13.7. The van der Waals surface area contributed by atoms with Crippen molar-refractivity contribution in [2.75, 3.05) is 10.6 Å². The quantitative estimate of drug-likeness (QED) is 0.495. The van der Waals surface area contributed by atoms with Gasteiger partial charge in [-0.3, -0.25) is 9.59 Å². The van der Waals surface area contributed by atoms with E-state index in [1.807, 2.05) is 30.3 Å². The molecule has 0 unspecified atom stereocenters. The zero-order chi connectivity index (χ0) is 18.4. The van der Waals surface area contributed by atoms with Crippen LogP contribution in [-0.2, 0) is 9.59 Å². The molecule has 0 atom stereocenters. The summed E-state index contributed by atoms with van der Waals surface area (Å²) < 4.78 is 5.66. The summed E-state index contributed by atoms with van der Waals surface area (Å²) in [6, 6.07) is 21.8. The second kappa shape index (κ2) is 7.85. The molecule has 130 valence electrons. The molecule has 0 radical (unpaired) electrons. The summed E-state index contributed by atoms with van der Waals surface area (Å²) in [6.07, 6.45) is 0. The lowest BCUT2D eigenvalue weighted by molar-refractivity contribution is -0.132. The lowest BCUT2D eigenvalue weighted by atomic mass is 10.3. The average Bonchev–Trinajstić information content (AvgIpc) is 2.66. The van der Waals surface area contributed by atoms with E-state index >= 15 is 0 Å². The molecule has 0 aliphatic carbocycles. The molecule has 3 aromatic rings. The maximum atomic E-state index is 12.0. The maximum absolute atomic E-state index is 12.0. The van der Waals surface area contributed by atoms with Gasteiger partial charge in [0.05, 0.1) is 0 Å². The molecule has 6 heteroatoms. The predicted molar refractivity (Wildman–Crippen MR) is 98.3 cm³/mol. The number of phenolic OH excluding ortho intramolecular Hbond substituents is 1. The van der Waals surface area contributed by atoms with Crippen molar-refractivity contribution < 1.29 is 19.4 Å². The first-order valence-electron chi connectivity index (χ1n) is 7.84. The van der Waals surface area contributed by atoms with Crippen LogP contribution in [0.2, 0.25) is 0 Å². The fourth-order valence-electron chi connectivity index (χ4n) is 2.15. The van der Waals surface area contributed by atoms with E-state index in [0.29, 0.717) is 22.9 Å². The lowest BCUT2D eigenvalue weighted by Gasteiger charge is -2.08. The number of carbonyl (C=O) groups is 2. The molecule has 0 aromatic heterocycles. The summed E-state index contributed by atoms with van der Waals surface area (Å²) in [5.74, 6) is -0.208. The number of benzene rings is 3. The predicted octanol–water partition coefficient (Wildman–Crippen LogP) is 3.76. The first-order valence-corrected chi connectivity index (χ1v) is 7.84. The summed E-state index contributed by atoms with van der Waals surface area (Å²) in [5, 5.41) is 14.2. The lowest BCUT2D eigenvalue weighted by Crippen LogP contribution is -2.28. The summed E-state index contributed by atoms with van der Waals surface area (Å²) in [4.78, 5) is 23.9. The van der Waals surface area contributed by atoms with Crippen molar-refractivity contribution in [3.63, 3.8) is 0 Å². The highest BCUT2D eigenvalue weighted by Crippen LogP contribution is 2.22. The Hall–Kier alpha value is -3.80. The molecule has 0 spiro atoms. The van der Waals surface area contributed by atoms with Gasteiger partial charge in [0.15, 0.2) is 0 Å². The van der Waals surface area contributed by atoms with E-state index in [1.165, 1.54) is 24.3 Å². The number of para-hydroxylation sites is 1. The van der Waals surface area contributed by atoms with E-state index in [4.69, 9.17) is 4.74 Å². The number of nitrogens with one attached hydrogen (secondary N) is 2. The molecule has 0 heterocycles. The second-order valence-corrected chi connectivity index (χ2v) is 5.39. The van der Waals surface area contributed by atoms with Crippen LogP contribution >= 0.6 is 0 Å². The topological polar surface area (TPSA) is 87.7 Å². The van der Waals surface area contributed by atoms with Gasteiger partial charge in [-0.05, 0) is 60.7 Å². The van der Waals surface area contributed by atoms with Crippen LogP contribution in [0.1, 0.15) is 0 Å². The molecule has 3 rings (SSSR count). The van der Waals surface area contributed by atoms with E-state index in [0.717, 1.165) is 0 Å². The van der Waals surface area contributed by atoms with Crippen LogP contribution in [0.25, 0.3) is 0 Å². The van der Waals surface area contributed by atoms with Gasteiger partial charge in [-0.1, -0.05) is 18.2 Å². The van der Waals surface area contributed by atoms with Crippen LogP contribution in [0.3, 0.4) is 0 Å². The molecule has 0 saturated carbocycles. The van der Waals surface area contributed by atoms with Crippen molar-refractivity contribution >= 4 is 23.2 Å². The molecular weight excluding hydrogens is 332 g/mol. The number of anilines is 2. The van der Waals surface area contributed by atoms with Gasteiger partial charge in [0.2, 0.25) is 0 Å². The van der Waals surface area contributed by atoms with Crippen LogP contribution in [0.5, 0.6) is 17.2 Å². The average molecular weight is 348 g/mol. The Kier molecular flexibility index (Phi) is 5.14. The van der Waals surface area contributed by atoms with Gasteiger partial charge in [0.1, 0.15) is 17.2 Å². The molecular formula is C20H16N2O4. The first kappa shape index (κ1) is 17.0. The number of amides is 2. The molecule has 26 heavy (non-hydrogen) atoms.